The molecule has 0 saturated carbocycles. The Balaban J connectivity index is 1.93. The minimum atomic E-state index is 0.534. The summed E-state index contributed by atoms with van der Waals surface area (Å²) in [6, 6.07) is 28.2. The van der Waals surface area contributed by atoms with Gasteiger partial charge in [-0.2, -0.15) is 4.99 Å². The molecule has 3 nitrogen and oxygen atoms in total. The Morgan fingerprint density at radius 2 is 1.42 bits per heavy atom. The van der Waals surface area contributed by atoms with Crippen LogP contribution in [0.1, 0.15) is 5.56 Å². The van der Waals surface area contributed by atoms with Crippen molar-refractivity contribution in [3.63, 3.8) is 0 Å². The van der Waals surface area contributed by atoms with E-state index in [0.29, 0.717) is 11.4 Å². The molecule has 0 atom stereocenters. The van der Waals surface area contributed by atoms with Crippen LogP contribution in [-0.4, -0.2) is 4.98 Å². The molecule has 3 heteroatoms. The van der Waals surface area contributed by atoms with E-state index in [1.54, 1.807) is 6.20 Å². The van der Waals surface area contributed by atoms with E-state index in [9.17, 15) is 0 Å². The van der Waals surface area contributed by atoms with E-state index in [1.165, 1.54) is 0 Å². The average molecular weight is 338 g/mol. The number of benzene rings is 2. The first kappa shape index (κ1) is 16.0. The van der Waals surface area contributed by atoms with Gasteiger partial charge in [-0.1, -0.05) is 66.7 Å². The van der Waals surface area contributed by atoms with Gasteiger partial charge in [0.15, 0.2) is 5.82 Å². The van der Waals surface area contributed by atoms with Crippen LogP contribution in [0.25, 0.3) is 22.5 Å². The van der Waals surface area contributed by atoms with E-state index in [1.807, 2.05) is 73.7 Å². The first-order valence-corrected chi connectivity index (χ1v) is 8.52. The largest absolute Gasteiger partial charge is 0.438 e. The van der Waals surface area contributed by atoms with E-state index < -0.39 is 0 Å². The smallest absolute Gasteiger partial charge is 0.221 e. The molecule has 2 heterocycles. The Hall–Kier alpha value is -3.46. The molecule has 26 heavy (non-hydrogen) atoms. The minimum Gasteiger partial charge on any atom is -0.438 e. The zero-order valence-corrected chi connectivity index (χ0v) is 14.5. The predicted molar refractivity (Wildman–Crippen MR) is 104 cm³/mol. The van der Waals surface area contributed by atoms with Crippen molar-refractivity contribution in [2.75, 3.05) is 0 Å². The van der Waals surface area contributed by atoms with Crippen LogP contribution in [0, 0.1) is 6.92 Å². The maximum atomic E-state index is 6.08. The summed E-state index contributed by atoms with van der Waals surface area (Å²) in [4.78, 5) is 8.99. The number of nitrogens with zero attached hydrogens (tertiary/aromatic N) is 2. The van der Waals surface area contributed by atoms with Crippen molar-refractivity contribution < 1.29 is 4.42 Å². The third kappa shape index (κ3) is 3.47. The van der Waals surface area contributed by atoms with Gasteiger partial charge in [-0.25, -0.2) is 4.98 Å². The Morgan fingerprint density at radius 1 is 0.731 bits per heavy atom. The van der Waals surface area contributed by atoms with Crippen LogP contribution in [0.3, 0.4) is 0 Å². The van der Waals surface area contributed by atoms with Crippen LogP contribution in [0.2, 0.25) is 0 Å². The van der Waals surface area contributed by atoms with Gasteiger partial charge in [0.25, 0.3) is 0 Å². The van der Waals surface area contributed by atoms with Gasteiger partial charge >= 0.3 is 0 Å². The molecule has 0 aliphatic rings. The van der Waals surface area contributed by atoms with Crippen molar-refractivity contribution in [2.24, 2.45) is 4.99 Å². The van der Waals surface area contributed by atoms with E-state index >= 15 is 0 Å². The molecule has 0 aliphatic heterocycles. The quantitative estimate of drug-likeness (QED) is 0.491. The van der Waals surface area contributed by atoms with E-state index in [2.05, 4.69) is 28.2 Å². The van der Waals surface area contributed by atoms with Crippen molar-refractivity contribution in [3.05, 3.63) is 102 Å². The average Bonchev–Trinajstić information content (AvgIpc) is 2.71. The Bertz CT molecular complexity index is 1020. The molecule has 0 aliphatic carbocycles. The number of aryl methyl sites for hydroxylation is 1. The molecule has 0 saturated heterocycles. The summed E-state index contributed by atoms with van der Waals surface area (Å²) in [5.41, 5.74) is 4.73. The van der Waals surface area contributed by atoms with Crippen molar-refractivity contribution in [2.45, 2.75) is 6.92 Å². The van der Waals surface area contributed by atoms with Crippen LogP contribution >= 0.6 is 0 Å². The molecule has 2 aromatic heterocycles. The second-order valence-corrected chi connectivity index (χ2v) is 6.04. The summed E-state index contributed by atoms with van der Waals surface area (Å²) in [5, 5.41) is 0. The molecular weight excluding hydrogens is 320 g/mol. The summed E-state index contributed by atoms with van der Waals surface area (Å²) < 4.78 is 6.08. The van der Waals surface area contributed by atoms with Gasteiger partial charge in [0.05, 0.1) is 0 Å². The Kier molecular flexibility index (Phi) is 4.44. The van der Waals surface area contributed by atoms with Crippen molar-refractivity contribution in [3.8, 4) is 22.5 Å². The zero-order chi connectivity index (χ0) is 17.8. The van der Waals surface area contributed by atoms with Crippen molar-refractivity contribution in [1.29, 1.82) is 0 Å². The van der Waals surface area contributed by atoms with Crippen LogP contribution in [0.4, 0.5) is 5.82 Å². The predicted octanol–water partition coefficient (Wildman–Crippen LogP) is 5.55. The Morgan fingerprint density at radius 3 is 2.12 bits per heavy atom. The summed E-state index contributed by atoms with van der Waals surface area (Å²) in [7, 11) is 0. The third-order valence-electron chi connectivity index (χ3n) is 4.14. The second-order valence-electron chi connectivity index (χ2n) is 6.04. The molecule has 4 rings (SSSR count). The standard InChI is InChI=1S/C23H18N2O/c1-17-9-8-14-24-23(17)25-22-16-20(18-10-4-2-5-11-18)15-21(26-22)19-12-6-3-7-13-19/h2-16H,1H3/b25-22+. The van der Waals surface area contributed by atoms with Gasteiger partial charge in [0.2, 0.25) is 5.55 Å². The number of hydrogen-bond acceptors (Lipinski definition) is 3. The molecule has 0 unspecified atom stereocenters. The molecular formula is C23H18N2O. The molecule has 0 radical (unpaired) electrons. The van der Waals surface area contributed by atoms with Crippen LogP contribution in [0.5, 0.6) is 0 Å². The highest BCUT2D eigenvalue weighted by molar-refractivity contribution is 5.69. The van der Waals surface area contributed by atoms with E-state index in [4.69, 9.17) is 4.42 Å². The lowest BCUT2D eigenvalue weighted by atomic mass is 10.0. The summed E-state index contributed by atoms with van der Waals surface area (Å²) in [5.74, 6) is 1.44. The first-order valence-electron chi connectivity index (χ1n) is 8.52. The number of rotatable bonds is 3. The fourth-order valence-corrected chi connectivity index (χ4v) is 2.78. The second kappa shape index (κ2) is 7.19. The molecule has 0 N–H and O–H groups in total. The molecule has 126 valence electrons. The van der Waals surface area contributed by atoms with Crippen LogP contribution < -0.4 is 5.55 Å². The van der Waals surface area contributed by atoms with Crippen LogP contribution in [0.15, 0.2) is 101 Å². The third-order valence-corrected chi connectivity index (χ3v) is 4.14. The highest BCUT2D eigenvalue weighted by atomic mass is 16.3. The summed E-state index contributed by atoms with van der Waals surface area (Å²) in [6.45, 7) is 1.99. The Labute approximate surface area is 152 Å². The van der Waals surface area contributed by atoms with Gasteiger partial charge in [-0.05, 0) is 35.7 Å². The molecule has 0 spiro atoms. The normalized spacial score (nSPS) is 11.5. The van der Waals surface area contributed by atoms with Gasteiger partial charge in [-0.15, -0.1) is 0 Å². The van der Waals surface area contributed by atoms with E-state index in [-0.39, 0.29) is 0 Å². The van der Waals surface area contributed by atoms with Crippen molar-refractivity contribution in [1.82, 2.24) is 4.98 Å². The maximum Gasteiger partial charge on any atom is 0.221 e. The van der Waals surface area contributed by atoms with Gasteiger partial charge < -0.3 is 4.42 Å². The molecule has 0 amide bonds. The van der Waals surface area contributed by atoms with Crippen LogP contribution in [-0.2, 0) is 0 Å². The van der Waals surface area contributed by atoms with Gasteiger partial charge in [0.1, 0.15) is 5.76 Å². The maximum absolute atomic E-state index is 6.08. The number of pyridine rings is 1. The molecule has 2 aromatic carbocycles. The topological polar surface area (TPSA) is 38.4 Å². The highest BCUT2D eigenvalue weighted by Gasteiger charge is 2.06. The van der Waals surface area contributed by atoms with Gasteiger partial charge in [-0.3, -0.25) is 0 Å². The number of aromatic nitrogens is 1. The van der Waals surface area contributed by atoms with E-state index in [0.717, 1.165) is 28.0 Å². The minimum absolute atomic E-state index is 0.534. The summed E-state index contributed by atoms with van der Waals surface area (Å²) >= 11 is 0. The van der Waals surface area contributed by atoms with Gasteiger partial charge in [0, 0.05) is 17.8 Å². The SMILES string of the molecule is Cc1cccnc1/N=c1\cc(-c2ccccc2)cc(-c2ccccc2)o1. The lowest BCUT2D eigenvalue weighted by Gasteiger charge is -2.06. The van der Waals surface area contributed by atoms with Crippen molar-refractivity contribution >= 4 is 5.82 Å². The molecule has 4 aromatic rings. The lowest BCUT2D eigenvalue weighted by Crippen LogP contribution is -2.02. The monoisotopic (exact) mass is 338 g/mol. The highest BCUT2D eigenvalue weighted by Crippen LogP contribution is 2.25. The summed E-state index contributed by atoms with van der Waals surface area (Å²) in [6.07, 6.45) is 1.74. The fraction of sp³-hybridized carbons (Fsp3) is 0.0435. The molecule has 0 fully saturated rings. The molecule has 0 bridgehead atoms. The number of hydrogen-bond donors (Lipinski definition) is 0. The lowest BCUT2D eigenvalue weighted by molar-refractivity contribution is 0.511. The fourth-order valence-electron chi connectivity index (χ4n) is 2.78. The zero-order valence-electron chi connectivity index (χ0n) is 14.5. The first-order chi connectivity index (χ1) is 12.8.